The van der Waals surface area contributed by atoms with Crippen LogP contribution in [-0.2, 0) is 9.47 Å². The van der Waals surface area contributed by atoms with Gasteiger partial charge in [0, 0.05) is 0 Å². The molecule has 0 aliphatic carbocycles. The van der Waals surface area contributed by atoms with E-state index in [9.17, 15) is 9.59 Å². The maximum Gasteiger partial charge on any atom is 0.413 e. The number of nitrogens with one attached hydrogen (secondary N) is 2. The zero-order valence-electron chi connectivity index (χ0n) is 18.0. The molecule has 9 nitrogen and oxygen atoms in total. The summed E-state index contributed by atoms with van der Waals surface area (Å²) < 4.78 is 10.5. The molecule has 0 aliphatic heterocycles. The van der Waals surface area contributed by atoms with E-state index < -0.39 is 23.4 Å². The fourth-order valence-corrected chi connectivity index (χ4v) is 2.11. The number of azo groups is 1. The molecule has 1 aromatic carbocycles. The van der Waals surface area contributed by atoms with Gasteiger partial charge in [-0.2, -0.15) is 5.11 Å². The van der Waals surface area contributed by atoms with Crippen LogP contribution in [0.3, 0.4) is 0 Å². The summed E-state index contributed by atoms with van der Waals surface area (Å²) in [7, 11) is 0. The van der Waals surface area contributed by atoms with Crippen LogP contribution in [-0.4, -0.2) is 28.4 Å². The average Bonchev–Trinajstić information content (AvgIpc) is 2.58. The van der Waals surface area contributed by atoms with E-state index in [0.29, 0.717) is 11.4 Å². The van der Waals surface area contributed by atoms with Gasteiger partial charge in [-0.25, -0.2) is 14.6 Å². The number of nitrogens with zero attached hydrogens (tertiary/aromatic N) is 3. The van der Waals surface area contributed by atoms with Crippen molar-refractivity contribution in [1.29, 1.82) is 0 Å². The third-order valence-electron chi connectivity index (χ3n) is 3.15. The van der Waals surface area contributed by atoms with Crippen LogP contribution < -0.4 is 10.6 Å². The highest BCUT2D eigenvalue weighted by Crippen LogP contribution is 2.28. The first-order valence-corrected chi connectivity index (χ1v) is 9.39. The Morgan fingerprint density at radius 2 is 1.37 bits per heavy atom. The summed E-state index contributed by atoms with van der Waals surface area (Å²) in [6.07, 6.45) is -1.38. The van der Waals surface area contributed by atoms with Gasteiger partial charge < -0.3 is 9.47 Å². The summed E-state index contributed by atoms with van der Waals surface area (Å²) >= 11 is 0. The molecule has 0 aliphatic rings. The first-order valence-electron chi connectivity index (χ1n) is 9.39. The Hall–Kier alpha value is -3.49. The summed E-state index contributed by atoms with van der Waals surface area (Å²) in [6.45, 7) is 10.5. The average molecular weight is 413 g/mol. The number of carbonyl (C=O) groups excluding carboxylic acids is 2. The summed E-state index contributed by atoms with van der Waals surface area (Å²) in [5, 5.41) is 13.4. The van der Waals surface area contributed by atoms with Gasteiger partial charge in [-0.15, -0.1) is 5.11 Å². The van der Waals surface area contributed by atoms with E-state index in [4.69, 9.17) is 9.47 Å². The number of rotatable bonds is 4. The lowest BCUT2D eigenvalue weighted by Crippen LogP contribution is -2.28. The van der Waals surface area contributed by atoms with Crippen molar-refractivity contribution < 1.29 is 19.1 Å². The van der Waals surface area contributed by atoms with Crippen LogP contribution in [0.4, 0.5) is 32.6 Å². The zero-order chi connectivity index (χ0) is 22.4. The molecule has 1 heterocycles. The smallest absolute Gasteiger partial charge is 0.413 e. The van der Waals surface area contributed by atoms with E-state index in [1.807, 2.05) is 18.2 Å². The first-order chi connectivity index (χ1) is 13.9. The summed E-state index contributed by atoms with van der Waals surface area (Å²) in [6, 6.07) is 12.2. The highest BCUT2D eigenvalue weighted by atomic mass is 16.6. The van der Waals surface area contributed by atoms with Gasteiger partial charge in [0.05, 0.1) is 5.69 Å². The Balaban J connectivity index is 2.27. The van der Waals surface area contributed by atoms with Crippen LogP contribution in [0.2, 0.25) is 0 Å². The van der Waals surface area contributed by atoms with Gasteiger partial charge in [0.25, 0.3) is 0 Å². The van der Waals surface area contributed by atoms with Crippen LogP contribution in [0.15, 0.2) is 52.7 Å². The second-order valence-corrected chi connectivity index (χ2v) is 8.35. The number of aromatic nitrogens is 1. The van der Waals surface area contributed by atoms with E-state index >= 15 is 0 Å². The predicted molar refractivity (Wildman–Crippen MR) is 115 cm³/mol. The second kappa shape index (κ2) is 9.34. The van der Waals surface area contributed by atoms with Crippen LogP contribution in [0.25, 0.3) is 0 Å². The van der Waals surface area contributed by atoms with E-state index in [0.717, 1.165) is 0 Å². The standard InChI is InChI=1S/C21H27N5O4/c1-20(2,3)29-18(27)23-16-13-12-15(26-25-14-10-8-7-9-11-14)17(22-16)24-19(28)30-21(4,5)6/h7-13H,1-6H3,(H2,22,23,24,27,28). The van der Waals surface area contributed by atoms with E-state index in [1.165, 1.54) is 6.07 Å². The van der Waals surface area contributed by atoms with Gasteiger partial charge in [-0.1, -0.05) is 18.2 Å². The van der Waals surface area contributed by atoms with Crippen molar-refractivity contribution >= 4 is 35.2 Å². The fraction of sp³-hybridized carbons (Fsp3) is 0.381. The molecule has 0 saturated carbocycles. The largest absolute Gasteiger partial charge is 0.444 e. The molecule has 2 N–H and O–H groups in total. The highest BCUT2D eigenvalue weighted by molar-refractivity contribution is 5.89. The lowest BCUT2D eigenvalue weighted by atomic mass is 10.2. The maximum atomic E-state index is 12.2. The molecule has 160 valence electrons. The third-order valence-corrected chi connectivity index (χ3v) is 3.15. The molecule has 2 rings (SSSR count). The number of pyridine rings is 1. The molecule has 0 spiro atoms. The van der Waals surface area contributed by atoms with Crippen molar-refractivity contribution in [3.63, 3.8) is 0 Å². The molecule has 0 fully saturated rings. The lowest BCUT2D eigenvalue weighted by Gasteiger charge is -2.20. The molecule has 1 aromatic heterocycles. The number of ether oxygens (including phenoxy) is 2. The molecule has 0 radical (unpaired) electrons. The second-order valence-electron chi connectivity index (χ2n) is 8.35. The summed E-state index contributed by atoms with van der Waals surface area (Å²) in [5.41, 5.74) is -0.427. The monoisotopic (exact) mass is 413 g/mol. The molecule has 0 atom stereocenters. The van der Waals surface area contributed by atoms with Crippen LogP contribution in [0, 0.1) is 0 Å². The molecule has 0 unspecified atom stereocenters. The zero-order valence-corrected chi connectivity index (χ0v) is 18.0. The predicted octanol–water partition coefficient (Wildman–Crippen LogP) is 6.19. The Morgan fingerprint density at radius 1 is 0.800 bits per heavy atom. The van der Waals surface area contributed by atoms with Crippen molar-refractivity contribution in [2.45, 2.75) is 52.7 Å². The first kappa shape index (κ1) is 22.8. The van der Waals surface area contributed by atoms with Gasteiger partial charge in [-0.3, -0.25) is 10.6 Å². The highest BCUT2D eigenvalue weighted by Gasteiger charge is 2.20. The molecule has 2 aromatic rings. The number of benzene rings is 1. The number of anilines is 2. The number of amides is 2. The molecule has 30 heavy (non-hydrogen) atoms. The maximum absolute atomic E-state index is 12.2. The molecular formula is C21H27N5O4. The van der Waals surface area contributed by atoms with Crippen LogP contribution in [0.1, 0.15) is 41.5 Å². The van der Waals surface area contributed by atoms with E-state index in [1.54, 1.807) is 59.7 Å². The molecular weight excluding hydrogens is 386 g/mol. The molecule has 0 saturated heterocycles. The fourth-order valence-electron chi connectivity index (χ4n) is 2.11. The molecule has 0 bridgehead atoms. The van der Waals surface area contributed by atoms with Crippen molar-refractivity contribution in [2.24, 2.45) is 10.2 Å². The van der Waals surface area contributed by atoms with Crippen molar-refractivity contribution in [3.8, 4) is 0 Å². The van der Waals surface area contributed by atoms with Gasteiger partial charge in [0.2, 0.25) is 0 Å². The normalized spacial score (nSPS) is 11.8. The Bertz CT molecular complexity index is 915. The van der Waals surface area contributed by atoms with Gasteiger partial charge >= 0.3 is 12.2 Å². The van der Waals surface area contributed by atoms with Crippen molar-refractivity contribution in [1.82, 2.24) is 4.98 Å². The summed E-state index contributed by atoms with van der Waals surface area (Å²) in [4.78, 5) is 28.5. The minimum Gasteiger partial charge on any atom is -0.444 e. The molecule has 2 amide bonds. The molecule has 9 heteroatoms. The number of hydrogen-bond acceptors (Lipinski definition) is 7. The lowest BCUT2D eigenvalue weighted by molar-refractivity contribution is 0.0625. The van der Waals surface area contributed by atoms with Gasteiger partial charge in [0.15, 0.2) is 5.82 Å². The summed E-state index contributed by atoms with van der Waals surface area (Å²) in [5.74, 6) is 0.256. The number of carbonyl (C=O) groups is 2. The SMILES string of the molecule is CC(C)(C)OC(=O)Nc1ccc(N=Nc2ccccc2)c(NC(=O)OC(C)(C)C)n1. The van der Waals surface area contributed by atoms with Crippen molar-refractivity contribution in [3.05, 3.63) is 42.5 Å². The quantitative estimate of drug-likeness (QED) is 0.580. The topological polar surface area (TPSA) is 114 Å². The minimum atomic E-state index is -0.708. The van der Waals surface area contributed by atoms with Gasteiger partial charge in [0.1, 0.15) is 22.7 Å². The van der Waals surface area contributed by atoms with Crippen molar-refractivity contribution in [2.75, 3.05) is 10.6 Å². The van der Waals surface area contributed by atoms with E-state index in [-0.39, 0.29) is 11.6 Å². The minimum absolute atomic E-state index is 0.0810. The van der Waals surface area contributed by atoms with E-state index in [2.05, 4.69) is 25.8 Å². The number of hydrogen-bond donors (Lipinski definition) is 2. The Morgan fingerprint density at radius 3 is 1.93 bits per heavy atom. The van der Waals surface area contributed by atoms with Crippen LogP contribution >= 0.6 is 0 Å². The third kappa shape index (κ3) is 8.26. The van der Waals surface area contributed by atoms with Crippen LogP contribution in [0.5, 0.6) is 0 Å². The Kier molecular flexibility index (Phi) is 7.10. The Labute approximate surface area is 175 Å². The van der Waals surface area contributed by atoms with Gasteiger partial charge in [-0.05, 0) is 65.8 Å².